The van der Waals surface area contributed by atoms with Crippen LogP contribution in [-0.2, 0) is 20.6 Å². The number of carbonyl (C=O) groups excluding carboxylic acids is 2. The molecular formula is C16H19N5O4. The second kappa shape index (κ2) is 7.47. The zero-order chi connectivity index (χ0) is 18.6. The molecule has 1 heterocycles. The van der Waals surface area contributed by atoms with Crippen LogP contribution in [-0.4, -0.2) is 27.5 Å². The Morgan fingerprint density at radius 1 is 1.04 bits per heavy atom. The van der Waals surface area contributed by atoms with Crippen LogP contribution in [0, 0.1) is 0 Å². The fourth-order valence-electron chi connectivity index (χ4n) is 2.21. The minimum Gasteiger partial charge on any atom is -0.384 e. The van der Waals surface area contributed by atoms with Gasteiger partial charge in [0.25, 0.3) is 5.56 Å². The highest BCUT2D eigenvalue weighted by atomic mass is 16.2. The summed E-state index contributed by atoms with van der Waals surface area (Å²) in [5.74, 6) is -0.909. The number of nitrogen functional groups attached to an aromatic ring is 1. The van der Waals surface area contributed by atoms with Gasteiger partial charge in [0.15, 0.2) is 5.78 Å². The molecule has 0 atom stereocenters. The summed E-state index contributed by atoms with van der Waals surface area (Å²) in [5.41, 5.74) is 4.85. The Bertz CT molecular complexity index is 915. The van der Waals surface area contributed by atoms with Gasteiger partial charge in [0.2, 0.25) is 0 Å². The quantitative estimate of drug-likeness (QED) is 0.620. The van der Waals surface area contributed by atoms with Gasteiger partial charge >= 0.3 is 11.7 Å². The molecule has 1 aromatic heterocycles. The van der Waals surface area contributed by atoms with E-state index in [9.17, 15) is 19.2 Å². The molecule has 9 nitrogen and oxygen atoms in total. The van der Waals surface area contributed by atoms with E-state index in [4.69, 9.17) is 5.73 Å². The number of nitrogens with two attached hydrogens (primary N) is 1. The van der Waals surface area contributed by atoms with Crippen LogP contribution in [0.5, 0.6) is 0 Å². The van der Waals surface area contributed by atoms with Gasteiger partial charge in [-0.15, -0.1) is 0 Å². The lowest BCUT2D eigenvalue weighted by molar-refractivity contribution is 0.0990. The van der Waals surface area contributed by atoms with E-state index in [0.717, 1.165) is 14.7 Å². The number of nitrogens with one attached hydrogen (secondary N) is 2. The lowest BCUT2D eigenvalue weighted by Crippen LogP contribution is -2.44. The molecule has 0 spiro atoms. The lowest BCUT2D eigenvalue weighted by atomic mass is 10.2. The minimum absolute atomic E-state index is 0.232. The summed E-state index contributed by atoms with van der Waals surface area (Å²) >= 11 is 0. The van der Waals surface area contributed by atoms with Crippen molar-refractivity contribution >= 4 is 17.6 Å². The molecule has 9 heteroatoms. The normalized spacial score (nSPS) is 10.3. The first-order valence-electron chi connectivity index (χ1n) is 7.47. The lowest BCUT2D eigenvalue weighted by Gasteiger charge is -2.11. The van der Waals surface area contributed by atoms with Gasteiger partial charge < -0.3 is 16.4 Å². The van der Waals surface area contributed by atoms with Crippen molar-refractivity contribution < 1.29 is 9.59 Å². The van der Waals surface area contributed by atoms with E-state index in [1.165, 1.54) is 14.1 Å². The molecule has 1 aromatic carbocycles. The number of hydrogen-bond donors (Lipinski definition) is 3. The van der Waals surface area contributed by atoms with Crippen LogP contribution in [0.15, 0.2) is 39.9 Å². The van der Waals surface area contributed by atoms with Gasteiger partial charge in [-0.05, 0) is 5.56 Å². The monoisotopic (exact) mass is 345 g/mol. The third-order valence-corrected chi connectivity index (χ3v) is 3.69. The van der Waals surface area contributed by atoms with Crippen molar-refractivity contribution in [2.24, 2.45) is 14.1 Å². The molecular weight excluding hydrogens is 326 g/mol. The number of urea groups is 1. The van der Waals surface area contributed by atoms with Crippen molar-refractivity contribution in [3.8, 4) is 0 Å². The minimum atomic E-state index is -0.794. The zero-order valence-corrected chi connectivity index (χ0v) is 13.9. The van der Waals surface area contributed by atoms with Crippen molar-refractivity contribution in [3.05, 3.63) is 62.3 Å². The first-order valence-corrected chi connectivity index (χ1v) is 7.47. The van der Waals surface area contributed by atoms with Gasteiger partial charge in [-0.2, -0.15) is 0 Å². The number of Topliss-reactive ketones (excluding diaryl/α,β-unsaturated/α-hetero) is 1. The molecule has 2 aromatic rings. The van der Waals surface area contributed by atoms with E-state index in [1.807, 2.05) is 30.3 Å². The number of carbonyl (C=O) groups is 2. The second-order valence-corrected chi connectivity index (χ2v) is 5.41. The van der Waals surface area contributed by atoms with Crippen LogP contribution in [0.4, 0.5) is 10.6 Å². The molecule has 132 valence electrons. The zero-order valence-electron chi connectivity index (χ0n) is 13.9. The number of hydrogen-bond acceptors (Lipinski definition) is 5. The highest BCUT2D eigenvalue weighted by molar-refractivity contribution is 6.02. The van der Waals surface area contributed by atoms with E-state index in [0.29, 0.717) is 6.54 Å². The van der Waals surface area contributed by atoms with Crippen LogP contribution in [0.25, 0.3) is 0 Å². The Balaban J connectivity index is 2.02. The van der Waals surface area contributed by atoms with Crippen LogP contribution < -0.4 is 27.6 Å². The van der Waals surface area contributed by atoms with Crippen molar-refractivity contribution in [3.63, 3.8) is 0 Å². The summed E-state index contributed by atoms with van der Waals surface area (Å²) in [6.45, 7) is -0.122. The van der Waals surface area contributed by atoms with Crippen molar-refractivity contribution in [1.29, 1.82) is 0 Å². The predicted molar refractivity (Wildman–Crippen MR) is 92.3 cm³/mol. The molecule has 0 saturated carbocycles. The van der Waals surface area contributed by atoms with E-state index < -0.39 is 29.6 Å². The molecule has 0 aliphatic rings. The SMILES string of the molecule is Cn1c(N)c(C(=O)CNC(=O)NCc2ccccc2)c(=O)n(C)c1=O. The Hall–Kier alpha value is -3.36. The average Bonchev–Trinajstić information content (AvgIpc) is 2.62. The van der Waals surface area contributed by atoms with Gasteiger partial charge in [-0.1, -0.05) is 30.3 Å². The van der Waals surface area contributed by atoms with Gasteiger partial charge in [0, 0.05) is 20.6 Å². The maximum atomic E-state index is 12.2. The molecule has 2 rings (SSSR count). The Morgan fingerprint density at radius 2 is 1.68 bits per heavy atom. The Labute approximate surface area is 143 Å². The highest BCUT2D eigenvalue weighted by Crippen LogP contribution is 2.03. The van der Waals surface area contributed by atoms with Crippen LogP contribution in [0.2, 0.25) is 0 Å². The Kier molecular flexibility index (Phi) is 5.38. The van der Waals surface area contributed by atoms with Gasteiger partial charge in [0.1, 0.15) is 11.4 Å². The molecule has 2 amide bonds. The first-order chi connectivity index (χ1) is 11.8. The summed E-state index contributed by atoms with van der Waals surface area (Å²) in [6, 6.07) is 8.69. The maximum Gasteiger partial charge on any atom is 0.332 e. The molecule has 0 radical (unpaired) electrons. The molecule has 0 fully saturated rings. The standard InChI is InChI=1S/C16H19N5O4/c1-20-13(17)12(14(23)21(2)16(20)25)11(22)9-19-15(24)18-8-10-6-4-3-5-7-10/h3-7H,8-9,17H2,1-2H3,(H2,18,19,24). The van der Waals surface area contributed by atoms with Crippen LogP contribution in [0.3, 0.4) is 0 Å². The fraction of sp³-hybridized carbons (Fsp3) is 0.250. The van der Waals surface area contributed by atoms with Crippen LogP contribution in [0.1, 0.15) is 15.9 Å². The smallest absolute Gasteiger partial charge is 0.332 e. The summed E-state index contributed by atoms with van der Waals surface area (Å²) in [6.07, 6.45) is 0. The van der Waals surface area contributed by atoms with E-state index in [1.54, 1.807) is 0 Å². The summed E-state index contributed by atoms with van der Waals surface area (Å²) in [4.78, 5) is 47.8. The number of aromatic nitrogens is 2. The predicted octanol–water partition coefficient (Wildman–Crippen LogP) is -0.652. The number of nitrogens with zero attached hydrogens (tertiary/aromatic N) is 2. The Morgan fingerprint density at radius 3 is 2.32 bits per heavy atom. The van der Waals surface area contributed by atoms with E-state index in [-0.39, 0.29) is 11.4 Å². The molecule has 0 saturated heterocycles. The van der Waals surface area contributed by atoms with Gasteiger partial charge in [-0.25, -0.2) is 9.59 Å². The van der Waals surface area contributed by atoms with Crippen LogP contribution >= 0.6 is 0 Å². The second-order valence-electron chi connectivity index (χ2n) is 5.41. The largest absolute Gasteiger partial charge is 0.384 e. The third kappa shape index (κ3) is 3.94. The fourth-order valence-corrected chi connectivity index (χ4v) is 2.21. The van der Waals surface area contributed by atoms with Crippen molar-refractivity contribution in [2.75, 3.05) is 12.3 Å². The molecule has 0 aliphatic heterocycles. The van der Waals surface area contributed by atoms with Gasteiger partial charge in [0.05, 0.1) is 6.54 Å². The number of rotatable bonds is 5. The van der Waals surface area contributed by atoms with E-state index in [2.05, 4.69) is 10.6 Å². The number of benzene rings is 1. The van der Waals surface area contributed by atoms with Crippen molar-refractivity contribution in [2.45, 2.75) is 6.54 Å². The number of ketones is 1. The molecule has 0 unspecified atom stereocenters. The molecule has 4 N–H and O–H groups in total. The topological polar surface area (TPSA) is 128 Å². The van der Waals surface area contributed by atoms with Crippen molar-refractivity contribution in [1.82, 2.24) is 19.8 Å². The number of amides is 2. The third-order valence-electron chi connectivity index (χ3n) is 3.69. The summed E-state index contributed by atoms with van der Waals surface area (Å²) < 4.78 is 1.79. The summed E-state index contributed by atoms with van der Waals surface area (Å²) in [7, 11) is 2.61. The summed E-state index contributed by atoms with van der Waals surface area (Å²) in [5, 5.41) is 4.96. The molecule has 0 aliphatic carbocycles. The average molecular weight is 345 g/mol. The highest BCUT2D eigenvalue weighted by Gasteiger charge is 2.20. The molecule has 0 bridgehead atoms. The first kappa shape index (κ1) is 18.0. The maximum absolute atomic E-state index is 12.2. The number of anilines is 1. The molecule has 25 heavy (non-hydrogen) atoms. The van der Waals surface area contributed by atoms with E-state index >= 15 is 0 Å². The van der Waals surface area contributed by atoms with Gasteiger partial charge in [-0.3, -0.25) is 18.7 Å².